The summed E-state index contributed by atoms with van der Waals surface area (Å²) in [5.74, 6) is -0.515. The van der Waals surface area contributed by atoms with Crippen molar-refractivity contribution in [2.45, 2.75) is 40.2 Å². The van der Waals surface area contributed by atoms with E-state index < -0.39 is 5.97 Å². The third kappa shape index (κ3) is 2.78. The number of aromatic nitrogens is 3. The van der Waals surface area contributed by atoms with Gasteiger partial charge >= 0.3 is 5.97 Å². The molecule has 1 rings (SSSR count). The predicted molar refractivity (Wildman–Crippen MR) is 55.8 cm³/mol. The quantitative estimate of drug-likeness (QED) is 0.805. The Morgan fingerprint density at radius 2 is 2.27 bits per heavy atom. The van der Waals surface area contributed by atoms with Crippen LogP contribution in [0.2, 0.25) is 0 Å². The number of carboxylic acid groups (broad SMARTS) is 1. The molecule has 1 atom stereocenters. The summed E-state index contributed by atoms with van der Waals surface area (Å²) in [6.07, 6.45) is 2.24. The van der Waals surface area contributed by atoms with Crippen LogP contribution in [0.4, 0.5) is 0 Å². The van der Waals surface area contributed by atoms with Crippen molar-refractivity contribution in [3.63, 3.8) is 0 Å². The Hall–Kier alpha value is -1.39. The van der Waals surface area contributed by atoms with Crippen LogP contribution in [0.1, 0.15) is 42.9 Å². The van der Waals surface area contributed by atoms with Crippen molar-refractivity contribution in [3.8, 4) is 0 Å². The molecule has 5 heteroatoms. The van der Waals surface area contributed by atoms with E-state index in [2.05, 4.69) is 24.2 Å². The van der Waals surface area contributed by atoms with Crippen LogP contribution in [0.3, 0.4) is 0 Å². The summed E-state index contributed by atoms with van der Waals surface area (Å²) < 4.78 is 1.67. The first-order valence-corrected chi connectivity index (χ1v) is 5.19. The Labute approximate surface area is 89.1 Å². The molecule has 0 aliphatic rings. The molecule has 0 radical (unpaired) electrons. The van der Waals surface area contributed by atoms with Gasteiger partial charge in [-0.2, -0.15) is 0 Å². The van der Waals surface area contributed by atoms with Crippen molar-refractivity contribution in [3.05, 3.63) is 11.4 Å². The maximum Gasteiger partial charge on any atom is 0.358 e. The molecule has 0 saturated heterocycles. The summed E-state index contributed by atoms with van der Waals surface area (Å²) in [5.41, 5.74) is 0.684. The van der Waals surface area contributed by atoms with E-state index in [-0.39, 0.29) is 5.69 Å². The van der Waals surface area contributed by atoms with Crippen molar-refractivity contribution in [2.75, 3.05) is 0 Å². The van der Waals surface area contributed by atoms with Crippen LogP contribution < -0.4 is 0 Å². The maximum absolute atomic E-state index is 10.7. The first-order chi connectivity index (χ1) is 7.06. The number of nitrogens with zero attached hydrogens (tertiary/aromatic N) is 3. The zero-order valence-electron chi connectivity index (χ0n) is 9.40. The highest BCUT2D eigenvalue weighted by Crippen LogP contribution is 2.11. The van der Waals surface area contributed by atoms with Gasteiger partial charge in [0.25, 0.3) is 0 Å². The molecule has 1 N–H and O–H groups in total. The van der Waals surface area contributed by atoms with Crippen LogP contribution in [0, 0.1) is 12.8 Å². The molecule has 0 amide bonds. The monoisotopic (exact) mass is 211 g/mol. The molecule has 1 heterocycles. The summed E-state index contributed by atoms with van der Waals surface area (Å²) >= 11 is 0. The molecule has 0 saturated carbocycles. The summed E-state index contributed by atoms with van der Waals surface area (Å²) in [5, 5.41) is 16.3. The van der Waals surface area contributed by atoms with Gasteiger partial charge in [0, 0.05) is 6.54 Å². The van der Waals surface area contributed by atoms with E-state index in [4.69, 9.17) is 5.11 Å². The smallest absolute Gasteiger partial charge is 0.358 e. The summed E-state index contributed by atoms with van der Waals surface area (Å²) in [6.45, 7) is 6.74. The third-order valence-electron chi connectivity index (χ3n) is 2.45. The Kier molecular flexibility index (Phi) is 3.82. The molecule has 0 aromatic carbocycles. The van der Waals surface area contributed by atoms with Gasteiger partial charge < -0.3 is 5.11 Å². The van der Waals surface area contributed by atoms with Crippen molar-refractivity contribution in [2.24, 2.45) is 5.92 Å². The topological polar surface area (TPSA) is 68.0 Å². The zero-order valence-corrected chi connectivity index (χ0v) is 9.40. The largest absolute Gasteiger partial charge is 0.476 e. The molecule has 84 valence electrons. The second-order valence-corrected chi connectivity index (χ2v) is 3.90. The van der Waals surface area contributed by atoms with E-state index in [1.165, 1.54) is 0 Å². The first-order valence-electron chi connectivity index (χ1n) is 5.19. The highest BCUT2D eigenvalue weighted by Gasteiger charge is 2.15. The molecule has 0 aliphatic carbocycles. The average Bonchev–Trinajstić information content (AvgIpc) is 2.48. The SMILES string of the molecule is CCCC(C)Cn1nnc(C(=O)O)c1C. The fraction of sp³-hybridized carbons (Fsp3) is 0.700. The highest BCUT2D eigenvalue weighted by atomic mass is 16.4. The van der Waals surface area contributed by atoms with Gasteiger partial charge in [0.05, 0.1) is 5.69 Å². The van der Waals surface area contributed by atoms with Gasteiger partial charge in [-0.1, -0.05) is 25.5 Å². The number of hydrogen-bond acceptors (Lipinski definition) is 3. The maximum atomic E-state index is 10.7. The molecule has 0 bridgehead atoms. The second kappa shape index (κ2) is 4.91. The van der Waals surface area contributed by atoms with E-state index in [1.807, 2.05) is 0 Å². The number of carbonyl (C=O) groups is 1. The lowest BCUT2D eigenvalue weighted by molar-refractivity contribution is 0.0689. The zero-order chi connectivity index (χ0) is 11.4. The van der Waals surface area contributed by atoms with Crippen LogP contribution in [-0.2, 0) is 6.54 Å². The molecule has 0 fully saturated rings. The normalized spacial score (nSPS) is 12.7. The van der Waals surface area contributed by atoms with Crippen LogP contribution in [0.5, 0.6) is 0 Å². The van der Waals surface area contributed by atoms with E-state index in [0.717, 1.165) is 19.4 Å². The fourth-order valence-electron chi connectivity index (χ4n) is 1.61. The minimum atomic E-state index is -1.01. The van der Waals surface area contributed by atoms with Crippen molar-refractivity contribution in [1.82, 2.24) is 15.0 Å². The van der Waals surface area contributed by atoms with E-state index >= 15 is 0 Å². The van der Waals surface area contributed by atoms with Gasteiger partial charge in [0.1, 0.15) is 0 Å². The lowest BCUT2D eigenvalue weighted by Crippen LogP contribution is -2.11. The molecule has 0 spiro atoms. The Morgan fingerprint density at radius 1 is 1.60 bits per heavy atom. The second-order valence-electron chi connectivity index (χ2n) is 3.90. The minimum Gasteiger partial charge on any atom is -0.476 e. The van der Waals surface area contributed by atoms with E-state index in [0.29, 0.717) is 11.6 Å². The standard InChI is InChI=1S/C10H17N3O2/c1-4-5-7(2)6-13-8(3)9(10(14)15)11-12-13/h7H,4-6H2,1-3H3,(H,14,15). The lowest BCUT2D eigenvalue weighted by atomic mass is 10.1. The fourth-order valence-corrected chi connectivity index (χ4v) is 1.61. The van der Waals surface area contributed by atoms with Gasteiger partial charge in [0.2, 0.25) is 0 Å². The molecule has 5 nitrogen and oxygen atoms in total. The van der Waals surface area contributed by atoms with Crippen molar-refractivity contribution < 1.29 is 9.90 Å². The molecular weight excluding hydrogens is 194 g/mol. The van der Waals surface area contributed by atoms with Crippen LogP contribution in [-0.4, -0.2) is 26.1 Å². The first kappa shape index (κ1) is 11.7. The van der Waals surface area contributed by atoms with Crippen LogP contribution >= 0.6 is 0 Å². The summed E-state index contributed by atoms with van der Waals surface area (Å²) in [6, 6.07) is 0. The molecule has 15 heavy (non-hydrogen) atoms. The highest BCUT2D eigenvalue weighted by molar-refractivity contribution is 5.86. The van der Waals surface area contributed by atoms with E-state index in [9.17, 15) is 4.79 Å². The Balaban J connectivity index is 2.74. The lowest BCUT2D eigenvalue weighted by Gasteiger charge is -2.10. The van der Waals surface area contributed by atoms with Gasteiger partial charge in [-0.05, 0) is 19.3 Å². The van der Waals surface area contributed by atoms with E-state index in [1.54, 1.807) is 11.6 Å². The predicted octanol–water partition coefficient (Wildman–Crippen LogP) is 1.72. The number of rotatable bonds is 5. The van der Waals surface area contributed by atoms with Crippen LogP contribution in [0.15, 0.2) is 0 Å². The number of carboxylic acids is 1. The molecule has 0 aliphatic heterocycles. The Bertz CT molecular complexity index is 346. The molecule has 1 unspecified atom stereocenters. The molecule has 1 aromatic heterocycles. The van der Waals surface area contributed by atoms with Crippen LogP contribution in [0.25, 0.3) is 0 Å². The van der Waals surface area contributed by atoms with Crippen molar-refractivity contribution in [1.29, 1.82) is 0 Å². The summed E-state index contributed by atoms with van der Waals surface area (Å²) in [4.78, 5) is 10.7. The van der Waals surface area contributed by atoms with Gasteiger partial charge in [0.15, 0.2) is 5.69 Å². The van der Waals surface area contributed by atoms with Crippen molar-refractivity contribution >= 4 is 5.97 Å². The molecule has 1 aromatic rings. The minimum absolute atomic E-state index is 0.0544. The van der Waals surface area contributed by atoms with Gasteiger partial charge in [-0.3, -0.25) is 0 Å². The number of aromatic carboxylic acids is 1. The molecular formula is C10H17N3O2. The number of hydrogen-bond donors (Lipinski definition) is 1. The summed E-state index contributed by atoms with van der Waals surface area (Å²) in [7, 11) is 0. The third-order valence-corrected chi connectivity index (χ3v) is 2.45. The average molecular weight is 211 g/mol. The van der Waals surface area contributed by atoms with Gasteiger partial charge in [-0.25, -0.2) is 9.48 Å². The Morgan fingerprint density at radius 3 is 2.73 bits per heavy atom. The van der Waals surface area contributed by atoms with Gasteiger partial charge in [-0.15, -0.1) is 5.10 Å².